The minimum Gasteiger partial charge on any atom is -0.481 e. The van der Waals surface area contributed by atoms with Crippen LogP contribution in [0.5, 0.6) is 5.88 Å². The third kappa shape index (κ3) is 4.90. The number of aliphatic carboxylic acids is 1. The Morgan fingerprint density at radius 2 is 2.10 bits per heavy atom. The Kier molecular flexibility index (Phi) is 6.61. The van der Waals surface area contributed by atoms with Crippen molar-refractivity contribution in [3.05, 3.63) is 42.6 Å². The number of pyridine rings is 2. The summed E-state index contributed by atoms with van der Waals surface area (Å²) in [5.41, 5.74) is 3.42. The van der Waals surface area contributed by atoms with E-state index in [1.807, 2.05) is 29.2 Å². The molecule has 3 aliphatic rings. The molecule has 0 saturated carbocycles. The van der Waals surface area contributed by atoms with Crippen molar-refractivity contribution in [1.82, 2.24) is 15.3 Å². The molecule has 3 aliphatic heterocycles. The Morgan fingerprint density at radius 1 is 1.23 bits per heavy atom. The zero-order valence-corrected chi connectivity index (χ0v) is 21.8. The van der Waals surface area contributed by atoms with Crippen LogP contribution in [0.4, 0.5) is 21.9 Å². The van der Waals surface area contributed by atoms with Crippen molar-refractivity contribution >= 4 is 57.8 Å². The van der Waals surface area contributed by atoms with Gasteiger partial charge in [0.25, 0.3) is 0 Å². The fourth-order valence-electron chi connectivity index (χ4n) is 5.18. The molecule has 12 nitrogen and oxygen atoms in total. The third-order valence-corrected chi connectivity index (χ3v) is 8.19. The van der Waals surface area contributed by atoms with E-state index >= 15 is 0 Å². The Hall–Kier alpha value is -4.10. The first-order valence-electron chi connectivity index (χ1n) is 12.5. The molecule has 0 radical (unpaired) electrons. The number of nitrogens with one attached hydrogen (secondary N) is 2. The average molecular weight is 551 g/mol. The highest BCUT2D eigenvalue weighted by Crippen LogP contribution is 2.36. The van der Waals surface area contributed by atoms with Crippen LogP contribution in [0, 0.1) is 5.92 Å². The van der Waals surface area contributed by atoms with E-state index in [2.05, 4.69) is 20.6 Å². The summed E-state index contributed by atoms with van der Waals surface area (Å²) in [4.78, 5) is 49.9. The van der Waals surface area contributed by atoms with Gasteiger partial charge in [-0.05, 0) is 30.3 Å². The van der Waals surface area contributed by atoms with Gasteiger partial charge in [-0.1, -0.05) is 0 Å². The first-order chi connectivity index (χ1) is 18.9. The summed E-state index contributed by atoms with van der Waals surface area (Å²) < 4.78 is 10.9. The number of carbonyl (C=O) groups excluding carboxylic acids is 2. The van der Waals surface area contributed by atoms with E-state index in [1.54, 1.807) is 25.4 Å². The Bertz CT molecular complexity index is 1470. The molecule has 6 rings (SSSR count). The molecule has 3 N–H and O–H groups in total. The number of amides is 2. The summed E-state index contributed by atoms with van der Waals surface area (Å²) in [7, 11) is 1.54. The van der Waals surface area contributed by atoms with Gasteiger partial charge in [0.15, 0.2) is 0 Å². The molecule has 13 heteroatoms. The minimum atomic E-state index is -0.905. The topological polar surface area (TPSA) is 146 Å². The third-order valence-electron chi connectivity index (χ3n) is 7.11. The van der Waals surface area contributed by atoms with Crippen LogP contribution in [0.1, 0.15) is 0 Å². The molecular formula is C26H26N6O6S. The number of hydrogen-bond acceptors (Lipinski definition) is 10. The highest BCUT2D eigenvalue weighted by Gasteiger charge is 2.40. The standard InChI is InChI=1S/C26H26N6O6S/c1-37-23-5-3-17-24(30-23)20(6-7-27-17)31-11-16(25(34)35)19(12-31)28-9-15-10-32(26(36)38-15)14-2-4-21-18(8-14)29-22(33)13-39-21/h2-8,15-16,19,28H,9-13H2,1H3,(H,29,33)(H,34,35)/t15?,16-,19-/m0/s1. The number of ether oxygens (including phenoxy) is 2. The van der Waals surface area contributed by atoms with Gasteiger partial charge in [-0.3, -0.25) is 19.5 Å². The van der Waals surface area contributed by atoms with Crippen molar-refractivity contribution in [2.45, 2.75) is 17.0 Å². The lowest BCUT2D eigenvalue weighted by Gasteiger charge is -2.21. The van der Waals surface area contributed by atoms with Gasteiger partial charge in [-0.2, -0.15) is 0 Å². The summed E-state index contributed by atoms with van der Waals surface area (Å²) in [6.07, 6.45) is 0.732. The second kappa shape index (κ2) is 10.2. The van der Waals surface area contributed by atoms with Crippen molar-refractivity contribution in [3.8, 4) is 5.88 Å². The van der Waals surface area contributed by atoms with Crippen molar-refractivity contribution in [2.75, 3.05) is 54.2 Å². The maximum absolute atomic E-state index is 12.7. The van der Waals surface area contributed by atoms with E-state index in [4.69, 9.17) is 9.47 Å². The molecule has 0 aliphatic carbocycles. The maximum atomic E-state index is 12.7. The normalized spacial score (nSPS) is 22.5. The number of fused-ring (bicyclic) bond motifs is 2. The smallest absolute Gasteiger partial charge is 0.414 e. The van der Waals surface area contributed by atoms with E-state index < -0.39 is 24.1 Å². The molecule has 0 bridgehead atoms. The van der Waals surface area contributed by atoms with Gasteiger partial charge in [0.05, 0.1) is 42.2 Å². The fraction of sp³-hybridized carbons (Fsp3) is 0.346. The molecule has 39 heavy (non-hydrogen) atoms. The number of thioether (sulfide) groups is 1. The maximum Gasteiger partial charge on any atom is 0.414 e. The quantitative estimate of drug-likeness (QED) is 0.398. The van der Waals surface area contributed by atoms with Crippen molar-refractivity contribution in [1.29, 1.82) is 0 Å². The number of cyclic esters (lactones) is 1. The number of benzene rings is 1. The van der Waals surface area contributed by atoms with Gasteiger partial charge in [-0.15, -0.1) is 11.8 Å². The molecule has 1 unspecified atom stereocenters. The first-order valence-corrected chi connectivity index (χ1v) is 13.4. The Morgan fingerprint density at radius 3 is 2.92 bits per heavy atom. The van der Waals surface area contributed by atoms with Crippen molar-refractivity contribution < 1.29 is 29.0 Å². The summed E-state index contributed by atoms with van der Waals surface area (Å²) in [5.74, 6) is -0.840. The molecule has 2 saturated heterocycles. The Labute approximate surface area is 227 Å². The lowest BCUT2D eigenvalue weighted by molar-refractivity contribution is -0.141. The number of nitrogens with zero attached hydrogens (tertiary/aromatic N) is 4. The fourth-order valence-corrected chi connectivity index (χ4v) is 5.97. The van der Waals surface area contributed by atoms with Gasteiger partial charge in [0.2, 0.25) is 11.8 Å². The van der Waals surface area contributed by atoms with Gasteiger partial charge < -0.3 is 30.1 Å². The second-order valence-corrected chi connectivity index (χ2v) is 10.6. The van der Waals surface area contributed by atoms with Crippen LogP contribution in [0.25, 0.3) is 11.0 Å². The van der Waals surface area contributed by atoms with Crippen LogP contribution in [0.2, 0.25) is 0 Å². The molecule has 1 aromatic carbocycles. The van der Waals surface area contributed by atoms with E-state index in [9.17, 15) is 19.5 Å². The molecule has 2 amide bonds. The van der Waals surface area contributed by atoms with E-state index in [1.165, 1.54) is 16.7 Å². The van der Waals surface area contributed by atoms with Gasteiger partial charge in [0, 0.05) is 48.5 Å². The SMILES string of the molecule is COc1ccc2nccc(N3C[C@H](NCC4CN(c5ccc6c(c5)NC(=O)CS6)C(=O)O4)[C@@H](C(=O)O)C3)c2n1. The van der Waals surface area contributed by atoms with E-state index in [0.29, 0.717) is 60.2 Å². The van der Waals surface area contributed by atoms with E-state index in [-0.39, 0.29) is 11.9 Å². The van der Waals surface area contributed by atoms with Crippen LogP contribution >= 0.6 is 11.8 Å². The highest BCUT2D eigenvalue weighted by molar-refractivity contribution is 8.00. The van der Waals surface area contributed by atoms with E-state index in [0.717, 1.165) is 10.6 Å². The van der Waals surface area contributed by atoms with Crippen LogP contribution in [0.15, 0.2) is 47.5 Å². The largest absolute Gasteiger partial charge is 0.481 e. The van der Waals surface area contributed by atoms with Crippen molar-refractivity contribution in [3.63, 3.8) is 0 Å². The van der Waals surface area contributed by atoms with Gasteiger partial charge in [0.1, 0.15) is 11.6 Å². The molecule has 2 fully saturated rings. The van der Waals surface area contributed by atoms with Crippen LogP contribution in [-0.2, 0) is 14.3 Å². The molecule has 202 valence electrons. The van der Waals surface area contributed by atoms with Crippen LogP contribution in [0.3, 0.4) is 0 Å². The zero-order valence-electron chi connectivity index (χ0n) is 21.0. The summed E-state index contributed by atoms with van der Waals surface area (Å²) in [6.45, 7) is 1.33. The van der Waals surface area contributed by atoms with Crippen molar-refractivity contribution in [2.24, 2.45) is 5.92 Å². The van der Waals surface area contributed by atoms with Crippen LogP contribution < -0.4 is 25.2 Å². The molecule has 0 spiro atoms. The average Bonchev–Trinajstić information content (AvgIpc) is 3.54. The predicted molar refractivity (Wildman–Crippen MR) is 145 cm³/mol. The molecular weight excluding hydrogens is 524 g/mol. The lowest BCUT2D eigenvalue weighted by atomic mass is 10.0. The number of hydrogen-bond donors (Lipinski definition) is 3. The van der Waals surface area contributed by atoms with Crippen LogP contribution in [-0.4, -0.2) is 84.2 Å². The number of methoxy groups -OCH3 is 1. The summed E-state index contributed by atoms with van der Waals surface area (Å²) in [6, 6.07) is 10.5. The van der Waals surface area contributed by atoms with Gasteiger partial charge >= 0.3 is 12.1 Å². The Balaban J connectivity index is 1.14. The first kappa shape index (κ1) is 25.2. The molecule has 5 heterocycles. The van der Waals surface area contributed by atoms with Gasteiger partial charge in [-0.25, -0.2) is 9.78 Å². The minimum absolute atomic E-state index is 0.0796. The number of rotatable bonds is 7. The second-order valence-electron chi connectivity index (χ2n) is 9.55. The zero-order chi connectivity index (χ0) is 27.1. The molecule has 3 atom stereocenters. The number of aromatic nitrogens is 2. The number of carboxylic acids is 1. The number of carboxylic acid groups (broad SMARTS) is 1. The predicted octanol–water partition coefficient (Wildman–Crippen LogP) is 2.19. The summed E-state index contributed by atoms with van der Waals surface area (Å²) >= 11 is 1.45. The lowest BCUT2D eigenvalue weighted by Crippen LogP contribution is -2.43. The monoisotopic (exact) mass is 550 g/mol. The molecule has 3 aromatic rings. The molecule has 2 aromatic heterocycles. The summed E-state index contributed by atoms with van der Waals surface area (Å²) in [5, 5.41) is 16.1. The number of carbonyl (C=O) groups is 3. The highest BCUT2D eigenvalue weighted by atomic mass is 32.2. The number of anilines is 3.